The number of nitrogens with one attached hydrogen (secondary N) is 1. The molecule has 9 heteroatoms. The minimum atomic E-state index is -3.90. The van der Waals surface area contributed by atoms with Crippen molar-refractivity contribution >= 4 is 27.6 Å². The van der Waals surface area contributed by atoms with Gasteiger partial charge in [-0.25, -0.2) is 18.4 Å². The van der Waals surface area contributed by atoms with E-state index in [2.05, 4.69) is 5.32 Å². The van der Waals surface area contributed by atoms with Crippen molar-refractivity contribution in [3.63, 3.8) is 0 Å². The molecule has 0 aliphatic carbocycles. The molecular weight excluding hydrogens is 396 g/mol. The fourth-order valence-corrected chi connectivity index (χ4v) is 2.79. The predicted octanol–water partition coefficient (Wildman–Crippen LogP) is 2.55. The van der Waals surface area contributed by atoms with Crippen LogP contribution in [-0.4, -0.2) is 33.0 Å². The summed E-state index contributed by atoms with van der Waals surface area (Å²) in [5, 5.41) is 7.56. The number of amides is 1. The number of ether oxygens (including phenoxy) is 2. The molecule has 0 spiro atoms. The van der Waals surface area contributed by atoms with Crippen molar-refractivity contribution in [2.75, 3.05) is 11.9 Å². The fourth-order valence-electron chi connectivity index (χ4n) is 2.23. The van der Waals surface area contributed by atoms with Crippen molar-refractivity contribution in [1.82, 2.24) is 0 Å². The van der Waals surface area contributed by atoms with Gasteiger partial charge in [-0.15, -0.1) is 0 Å². The van der Waals surface area contributed by atoms with Gasteiger partial charge in [-0.1, -0.05) is 19.9 Å². The second-order valence-electron chi connectivity index (χ2n) is 6.84. The van der Waals surface area contributed by atoms with E-state index in [0.29, 0.717) is 18.3 Å². The van der Waals surface area contributed by atoms with E-state index in [9.17, 15) is 18.0 Å². The Balaban J connectivity index is 1.96. The third-order valence-electron chi connectivity index (χ3n) is 3.76. The third-order valence-corrected chi connectivity index (χ3v) is 4.67. The minimum Gasteiger partial charge on any atom is -0.493 e. The van der Waals surface area contributed by atoms with E-state index in [0.717, 1.165) is 0 Å². The number of benzene rings is 2. The molecule has 156 valence electrons. The molecule has 2 rings (SSSR count). The topological polar surface area (TPSA) is 125 Å². The highest BCUT2D eigenvalue weighted by Gasteiger charge is 2.20. The highest BCUT2D eigenvalue weighted by atomic mass is 32.2. The Morgan fingerprint density at radius 3 is 2.31 bits per heavy atom. The number of hydrogen-bond acceptors (Lipinski definition) is 6. The predicted molar refractivity (Wildman–Crippen MR) is 108 cm³/mol. The Labute approximate surface area is 170 Å². The number of sulfonamides is 1. The first kappa shape index (κ1) is 22.4. The number of primary sulfonamides is 1. The summed E-state index contributed by atoms with van der Waals surface area (Å²) in [6.45, 7) is 6.04. The molecule has 3 N–H and O–H groups in total. The van der Waals surface area contributed by atoms with Gasteiger partial charge in [0.05, 0.1) is 17.1 Å². The number of hydrogen-bond donors (Lipinski definition) is 2. The monoisotopic (exact) mass is 420 g/mol. The third kappa shape index (κ3) is 6.88. The highest BCUT2D eigenvalue weighted by molar-refractivity contribution is 7.89. The molecule has 8 nitrogen and oxygen atoms in total. The molecule has 0 aromatic heterocycles. The van der Waals surface area contributed by atoms with Crippen molar-refractivity contribution in [3.05, 3.63) is 54.1 Å². The highest BCUT2D eigenvalue weighted by Crippen LogP contribution is 2.16. The van der Waals surface area contributed by atoms with Gasteiger partial charge in [-0.2, -0.15) is 0 Å². The van der Waals surface area contributed by atoms with Gasteiger partial charge >= 0.3 is 5.97 Å². The van der Waals surface area contributed by atoms with Crippen LogP contribution in [0, 0.1) is 5.92 Å². The minimum absolute atomic E-state index is 0.139. The van der Waals surface area contributed by atoms with Crippen molar-refractivity contribution < 1.29 is 27.5 Å². The second-order valence-corrected chi connectivity index (χ2v) is 8.40. The molecule has 0 fully saturated rings. The number of esters is 1. The summed E-state index contributed by atoms with van der Waals surface area (Å²) in [4.78, 5) is 24.4. The Morgan fingerprint density at radius 1 is 1.07 bits per heavy atom. The van der Waals surface area contributed by atoms with E-state index in [4.69, 9.17) is 14.6 Å². The smallest absolute Gasteiger partial charge is 0.338 e. The number of nitrogens with two attached hydrogens (primary N) is 1. The van der Waals surface area contributed by atoms with Crippen LogP contribution in [0.2, 0.25) is 0 Å². The lowest BCUT2D eigenvalue weighted by Gasteiger charge is -2.14. The zero-order valence-electron chi connectivity index (χ0n) is 16.4. The lowest BCUT2D eigenvalue weighted by Crippen LogP contribution is -2.30. The lowest BCUT2D eigenvalue weighted by atomic mass is 10.2. The van der Waals surface area contributed by atoms with Gasteiger partial charge in [0.25, 0.3) is 5.91 Å². The van der Waals surface area contributed by atoms with Crippen LogP contribution in [0.4, 0.5) is 5.69 Å². The number of carbonyl (C=O) groups excluding carboxylic acids is 2. The van der Waals surface area contributed by atoms with Crippen LogP contribution in [-0.2, 0) is 19.6 Å². The maximum atomic E-state index is 12.3. The van der Waals surface area contributed by atoms with E-state index in [1.54, 1.807) is 24.3 Å². The largest absolute Gasteiger partial charge is 0.493 e. The molecule has 0 radical (unpaired) electrons. The molecule has 1 atom stereocenters. The van der Waals surface area contributed by atoms with Gasteiger partial charge in [0.15, 0.2) is 6.10 Å². The van der Waals surface area contributed by atoms with Crippen LogP contribution in [0.3, 0.4) is 0 Å². The van der Waals surface area contributed by atoms with Gasteiger partial charge in [0, 0.05) is 5.69 Å². The summed E-state index contributed by atoms with van der Waals surface area (Å²) in [5.41, 5.74) is 0.494. The molecule has 0 heterocycles. The van der Waals surface area contributed by atoms with Crippen molar-refractivity contribution in [3.8, 4) is 5.75 Å². The van der Waals surface area contributed by atoms with E-state index in [1.807, 2.05) is 13.8 Å². The molecule has 2 aromatic carbocycles. The molecule has 0 unspecified atom stereocenters. The van der Waals surface area contributed by atoms with E-state index < -0.39 is 28.0 Å². The Bertz CT molecular complexity index is 971. The van der Waals surface area contributed by atoms with Gasteiger partial charge in [0.2, 0.25) is 10.0 Å². The molecule has 29 heavy (non-hydrogen) atoms. The van der Waals surface area contributed by atoms with Gasteiger partial charge in [0.1, 0.15) is 5.75 Å². The summed E-state index contributed by atoms with van der Waals surface area (Å²) < 4.78 is 33.5. The number of anilines is 1. The van der Waals surface area contributed by atoms with Gasteiger partial charge in [-0.05, 0) is 55.3 Å². The lowest BCUT2D eigenvalue weighted by molar-refractivity contribution is -0.123. The SMILES string of the molecule is CC(C)COc1ccc(C(=O)O[C@H](C)C(=O)Nc2cccc(S(N)(=O)=O)c2)cc1. The number of rotatable bonds is 8. The molecule has 1 amide bonds. The summed E-state index contributed by atoms with van der Waals surface area (Å²) in [6, 6.07) is 11.9. The first-order valence-corrected chi connectivity index (χ1v) is 10.5. The maximum Gasteiger partial charge on any atom is 0.338 e. The second kappa shape index (κ2) is 9.53. The van der Waals surface area contributed by atoms with Crippen LogP contribution in [0.5, 0.6) is 5.75 Å². The van der Waals surface area contributed by atoms with E-state index >= 15 is 0 Å². The zero-order valence-corrected chi connectivity index (χ0v) is 17.2. The van der Waals surface area contributed by atoms with E-state index in [-0.39, 0.29) is 16.1 Å². The molecule has 0 aliphatic heterocycles. The number of carbonyl (C=O) groups is 2. The van der Waals surface area contributed by atoms with Crippen LogP contribution in [0.15, 0.2) is 53.4 Å². The summed E-state index contributed by atoms with van der Waals surface area (Å²) in [5.74, 6) is -0.261. The molecule has 0 aliphatic rings. The standard InChI is InChI=1S/C20H24N2O6S/c1-13(2)12-27-17-9-7-15(8-10-17)20(24)28-14(3)19(23)22-16-5-4-6-18(11-16)29(21,25)26/h4-11,13-14H,12H2,1-3H3,(H,22,23)(H2,21,25,26)/t14-/m1/s1. The maximum absolute atomic E-state index is 12.3. The van der Waals surface area contributed by atoms with Crippen LogP contribution in [0.1, 0.15) is 31.1 Å². The molecular formula is C20H24N2O6S. The van der Waals surface area contributed by atoms with Crippen molar-refractivity contribution in [2.24, 2.45) is 11.1 Å². The van der Waals surface area contributed by atoms with Crippen molar-refractivity contribution in [2.45, 2.75) is 31.8 Å². The van der Waals surface area contributed by atoms with Crippen molar-refractivity contribution in [1.29, 1.82) is 0 Å². The van der Waals surface area contributed by atoms with Crippen LogP contribution in [0.25, 0.3) is 0 Å². The quantitative estimate of drug-likeness (QED) is 0.632. The summed E-state index contributed by atoms with van der Waals surface area (Å²) in [7, 11) is -3.90. The van der Waals surface area contributed by atoms with Gasteiger partial charge in [-0.3, -0.25) is 4.79 Å². The fraction of sp³-hybridized carbons (Fsp3) is 0.300. The average molecular weight is 420 g/mol. The molecule has 0 saturated heterocycles. The normalized spacial score (nSPS) is 12.3. The van der Waals surface area contributed by atoms with Gasteiger partial charge < -0.3 is 14.8 Å². The Hall–Kier alpha value is -2.91. The first-order valence-electron chi connectivity index (χ1n) is 8.94. The zero-order chi connectivity index (χ0) is 21.6. The summed E-state index contributed by atoms with van der Waals surface area (Å²) in [6.07, 6.45) is -1.10. The average Bonchev–Trinajstić information content (AvgIpc) is 2.66. The molecule has 0 saturated carbocycles. The van der Waals surface area contributed by atoms with Crippen LogP contribution >= 0.6 is 0 Å². The van der Waals surface area contributed by atoms with E-state index in [1.165, 1.54) is 31.2 Å². The first-order chi connectivity index (χ1) is 13.6. The van der Waals surface area contributed by atoms with Crippen LogP contribution < -0.4 is 15.2 Å². The Morgan fingerprint density at radius 2 is 1.72 bits per heavy atom. The molecule has 0 bridgehead atoms. The Kier molecular flexibility index (Phi) is 7.35. The summed E-state index contributed by atoms with van der Waals surface area (Å²) >= 11 is 0. The molecule has 2 aromatic rings.